The number of hydrazone groups is 1. The summed E-state index contributed by atoms with van der Waals surface area (Å²) in [6.45, 7) is 5.10. The summed E-state index contributed by atoms with van der Waals surface area (Å²) in [6, 6.07) is 0. The average molecular weight is 156 g/mol. The first kappa shape index (κ1) is 9.84. The van der Waals surface area contributed by atoms with Crippen LogP contribution in [0.25, 0.3) is 0 Å². The molecule has 0 atom stereocenters. The Hall–Kier alpha value is -1.16. The third-order valence-corrected chi connectivity index (χ3v) is 0.996. The number of aliphatic hydroxyl groups is 1. The molecule has 0 unspecified atom stereocenters. The van der Waals surface area contributed by atoms with Crippen molar-refractivity contribution < 1.29 is 9.90 Å². The topological polar surface area (TPSA) is 52.9 Å². The van der Waals surface area contributed by atoms with Crippen molar-refractivity contribution in [2.75, 3.05) is 13.2 Å². The van der Waals surface area contributed by atoms with Gasteiger partial charge in [-0.15, -0.1) is 0 Å². The molecule has 62 valence electrons. The molecule has 0 aromatic rings. The summed E-state index contributed by atoms with van der Waals surface area (Å²) in [5.41, 5.74) is 0. The van der Waals surface area contributed by atoms with E-state index in [0.717, 1.165) is 11.1 Å². The molecule has 0 spiro atoms. The van der Waals surface area contributed by atoms with Crippen molar-refractivity contribution in [3.63, 3.8) is 0 Å². The Balaban J connectivity index is 4.08. The van der Waals surface area contributed by atoms with E-state index >= 15 is 0 Å². The van der Waals surface area contributed by atoms with Gasteiger partial charge in [0, 0.05) is 6.21 Å². The van der Waals surface area contributed by atoms with Crippen LogP contribution in [-0.4, -0.2) is 35.4 Å². The molecule has 0 aromatic carbocycles. The Morgan fingerprint density at radius 1 is 1.82 bits per heavy atom. The fourth-order valence-electron chi connectivity index (χ4n) is 0.564. The van der Waals surface area contributed by atoms with Gasteiger partial charge in [0.1, 0.15) is 0 Å². The first-order valence-corrected chi connectivity index (χ1v) is 3.29. The van der Waals surface area contributed by atoms with Gasteiger partial charge in [-0.25, -0.2) is 5.01 Å². The largest absolute Gasteiger partial charge is 0.394 e. The lowest BCUT2D eigenvalue weighted by Crippen LogP contribution is -2.26. The van der Waals surface area contributed by atoms with E-state index in [4.69, 9.17) is 5.11 Å². The fraction of sp³-hybridized carbons (Fsp3) is 0.429. The summed E-state index contributed by atoms with van der Waals surface area (Å²) in [5, 5.41) is 13.4. The Kier molecular flexibility index (Phi) is 5.02. The summed E-state index contributed by atoms with van der Waals surface area (Å²) in [7, 11) is 0. The van der Waals surface area contributed by atoms with Crippen LogP contribution in [-0.2, 0) is 4.79 Å². The third kappa shape index (κ3) is 3.52. The predicted octanol–water partition coefficient (Wildman–Crippen LogP) is -0.00100. The number of hydrogen-bond acceptors (Lipinski definition) is 3. The van der Waals surface area contributed by atoms with Crippen LogP contribution in [0.2, 0.25) is 0 Å². The molecule has 0 heterocycles. The predicted molar refractivity (Wildman–Crippen MR) is 43.2 cm³/mol. The monoisotopic (exact) mass is 156 g/mol. The zero-order chi connectivity index (χ0) is 8.69. The van der Waals surface area contributed by atoms with Crippen molar-refractivity contribution >= 4 is 12.1 Å². The normalized spacial score (nSPS) is 10.0. The number of rotatable bonds is 4. The van der Waals surface area contributed by atoms with E-state index in [1.54, 1.807) is 6.92 Å². The lowest BCUT2D eigenvalue weighted by atomic mass is 10.5. The SMILES string of the molecule is C=CC(=O)N(CCO)/N=C/C. The van der Waals surface area contributed by atoms with Gasteiger partial charge in [-0.05, 0) is 13.0 Å². The summed E-state index contributed by atoms with van der Waals surface area (Å²) in [5.74, 6) is -0.308. The quantitative estimate of drug-likeness (QED) is 0.354. The highest BCUT2D eigenvalue weighted by Gasteiger charge is 2.05. The van der Waals surface area contributed by atoms with Gasteiger partial charge in [0.05, 0.1) is 13.2 Å². The first-order chi connectivity index (χ1) is 5.26. The number of aliphatic hydroxyl groups excluding tert-OH is 1. The molecule has 4 nitrogen and oxygen atoms in total. The third-order valence-electron chi connectivity index (χ3n) is 0.996. The lowest BCUT2D eigenvalue weighted by molar-refractivity contribution is -0.126. The zero-order valence-corrected chi connectivity index (χ0v) is 6.53. The summed E-state index contributed by atoms with van der Waals surface area (Å²) < 4.78 is 0. The first-order valence-electron chi connectivity index (χ1n) is 3.29. The van der Waals surface area contributed by atoms with Crippen LogP contribution in [0, 0.1) is 0 Å². The lowest BCUT2D eigenvalue weighted by Gasteiger charge is -2.12. The summed E-state index contributed by atoms with van der Waals surface area (Å²) in [6.07, 6.45) is 2.64. The average Bonchev–Trinajstić information content (AvgIpc) is 2.03. The van der Waals surface area contributed by atoms with Crippen LogP contribution in [0.5, 0.6) is 0 Å². The Morgan fingerprint density at radius 2 is 2.45 bits per heavy atom. The highest BCUT2D eigenvalue weighted by Crippen LogP contribution is 1.89. The number of amides is 1. The van der Waals surface area contributed by atoms with Gasteiger partial charge in [-0.3, -0.25) is 4.79 Å². The molecule has 0 radical (unpaired) electrons. The van der Waals surface area contributed by atoms with Gasteiger partial charge < -0.3 is 5.11 Å². The molecule has 0 bridgehead atoms. The van der Waals surface area contributed by atoms with Crippen molar-refractivity contribution in [1.29, 1.82) is 0 Å². The van der Waals surface area contributed by atoms with Crippen LogP contribution >= 0.6 is 0 Å². The number of carbonyl (C=O) groups excluding carboxylic acids is 1. The van der Waals surface area contributed by atoms with E-state index in [0.29, 0.717) is 0 Å². The van der Waals surface area contributed by atoms with Crippen molar-refractivity contribution in [3.8, 4) is 0 Å². The molecule has 0 saturated heterocycles. The molecule has 0 aliphatic rings. The van der Waals surface area contributed by atoms with Gasteiger partial charge in [-0.2, -0.15) is 5.10 Å². The molecule has 0 rings (SSSR count). The van der Waals surface area contributed by atoms with E-state index in [-0.39, 0.29) is 19.1 Å². The van der Waals surface area contributed by atoms with Crippen LogP contribution in [0.15, 0.2) is 17.8 Å². The van der Waals surface area contributed by atoms with Gasteiger partial charge >= 0.3 is 0 Å². The van der Waals surface area contributed by atoms with Crippen LogP contribution in [0.3, 0.4) is 0 Å². The molecule has 1 amide bonds. The van der Waals surface area contributed by atoms with Gasteiger partial charge in [-0.1, -0.05) is 6.58 Å². The highest BCUT2D eigenvalue weighted by molar-refractivity contribution is 5.87. The molecule has 0 aliphatic heterocycles. The maximum atomic E-state index is 10.9. The van der Waals surface area contributed by atoms with Crippen molar-refractivity contribution in [2.45, 2.75) is 6.92 Å². The van der Waals surface area contributed by atoms with Crippen molar-refractivity contribution in [3.05, 3.63) is 12.7 Å². The molecule has 11 heavy (non-hydrogen) atoms. The molecule has 4 heteroatoms. The zero-order valence-electron chi connectivity index (χ0n) is 6.53. The standard InChI is InChI=1S/C7H12N2O2/c1-3-7(11)9(5-6-10)8-4-2/h3-4,10H,1,5-6H2,2H3/b8-4+. The number of carbonyl (C=O) groups is 1. The second kappa shape index (κ2) is 5.61. The van der Waals surface area contributed by atoms with Crippen LogP contribution in [0.4, 0.5) is 0 Å². The molecule has 0 fully saturated rings. The smallest absolute Gasteiger partial charge is 0.266 e. The number of hydrogen-bond donors (Lipinski definition) is 1. The van der Waals surface area contributed by atoms with Gasteiger partial charge in [0.25, 0.3) is 5.91 Å². The van der Waals surface area contributed by atoms with Crippen LogP contribution in [0.1, 0.15) is 6.92 Å². The van der Waals surface area contributed by atoms with Crippen LogP contribution < -0.4 is 0 Å². The molecular formula is C7H12N2O2. The van der Waals surface area contributed by atoms with Crippen molar-refractivity contribution in [2.24, 2.45) is 5.10 Å². The van der Waals surface area contributed by atoms with E-state index in [9.17, 15) is 4.79 Å². The van der Waals surface area contributed by atoms with Gasteiger partial charge in [0.15, 0.2) is 0 Å². The minimum Gasteiger partial charge on any atom is -0.394 e. The minimum atomic E-state index is -0.308. The second-order valence-electron chi connectivity index (χ2n) is 1.76. The van der Waals surface area contributed by atoms with E-state index in [1.165, 1.54) is 6.21 Å². The Bertz CT molecular complexity index is 166. The number of nitrogens with zero attached hydrogens (tertiary/aromatic N) is 2. The highest BCUT2D eigenvalue weighted by atomic mass is 16.3. The summed E-state index contributed by atoms with van der Waals surface area (Å²) >= 11 is 0. The Labute approximate surface area is 65.8 Å². The maximum absolute atomic E-state index is 10.9. The van der Waals surface area contributed by atoms with E-state index in [1.807, 2.05) is 0 Å². The second-order valence-corrected chi connectivity index (χ2v) is 1.76. The van der Waals surface area contributed by atoms with Gasteiger partial charge in [0.2, 0.25) is 0 Å². The fourth-order valence-corrected chi connectivity index (χ4v) is 0.564. The minimum absolute atomic E-state index is 0.100. The molecule has 0 aliphatic carbocycles. The molecular weight excluding hydrogens is 144 g/mol. The summed E-state index contributed by atoms with van der Waals surface area (Å²) in [4.78, 5) is 10.9. The molecule has 0 saturated carbocycles. The molecule has 1 N–H and O–H groups in total. The van der Waals surface area contributed by atoms with Crippen molar-refractivity contribution in [1.82, 2.24) is 5.01 Å². The molecule has 0 aromatic heterocycles. The van der Waals surface area contributed by atoms with E-state index < -0.39 is 0 Å². The maximum Gasteiger partial charge on any atom is 0.266 e. The Morgan fingerprint density at radius 3 is 2.82 bits per heavy atom. The van der Waals surface area contributed by atoms with E-state index in [2.05, 4.69) is 11.7 Å².